The van der Waals surface area contributed by atoms with Crippen molar-refractivity contribution in [1.29, 1.82) is 0 Å². The lowest BCUT2D eigenvalue weighted by atomic mass is 10.1. The van der Waals surface area contributed by atoms with Crippen molar-refractivity contribution < 1.29 is 9.53 Å². The van der Waals surface area contributed by atoms with Crippen LogP contribution in [0, 0.1) is 6.92 Å². The maximum absolute atomic E-state index is 11.8. The van der Waals surface area contributed by atoms with Crippen molar-refractivity contribution in [2.24, 2.45) is 5.10 Å². The Balaban J connectivity index is 1.85. The molecule has 0 radical (unpaired) electrons. The molecule has 0 aliphatic heterocycles. The van der Waals surface area contributed by atoms with E-state index in [4.69, 9.17) is 4.74 Å². The van der Waals surface area contributed by atoms with Gasteiger partial charge in [-0.3, -0.25) is 4.79 Å². The van der Waals surface area contributed by atoms with Crippen LogP contribution < -0.4 is 15.5 Å². The first-order valence-electron chi connectivity index (χ1n) is 6.95. The van der Waals surface area contributed by atoms with Crippen LogP contribution in [0.1, 0.15) is 11.1 Å². The van der Waals surface area contributed by atoms with Crippen molar-refractivity contribution in [3.8, 4) is 5.75 Å². The van der Waals surface area contributed by atoms with Gasteiger partial charge in [0.2, 0.25) is 0 Å². The number of nitrogens with zero attached hydrogens (tertiary/aromatic N) is 1. The Hall–Kier alpha value is -2.82. The molecule has 0 aliphatic carbocycles. The number of nitrogens with one attached hydrogen (secondary N) is 2. The molecule has 0 heterocycles. The van der Waals surface area contributed by atoms with Crippen molar-refractivity contribution in [3.63, 3.8) is 0 Å². The SMILES string of the molecule is COc1ccccc1NCC(=O)NN=Cc1ccccc1C. The lowest BCUT2D eigenvalue weighted by Gasteiger charge is -2.09. The molecule has 0 aliphatic rings. The van der Waals surface area contributed by atoms with Crippen LogP contribution in [0.4, 0.5) is 5.69 Å². The van der Waals surface area contributed by atoms with Crippen LogP contribution in [0.15, 0.2) is 53.6 Å². The Morgan fingerprint density at radius 2 is 1.91 bits per heavy atom. The van der Waals surface area contributed by atoms with Gasteiger partial charge in [-0.05, 0) is 30.2 Å². The van der Waals surface area contributed by atoms with Gasteiger partial charge in [0.1, 0.15) is 5.75 Å². The number of aryl methyl sites for hydroxylation is 1. The van der Waals surface area contributed by atoms with Gasteiger partial charge in [0.05, 0.1) is 25.6 Å². The van der Waals surface area contributed by atoms with E-state index in [1.54, 1.807) is 13.3 Å². The number of para-hydroxylation sites is 2. The van der Waals surface area contributed by atoms with Gasteiger partial charge in [0.15, 0.2) is 0 Å². The van der Waals surface area contributed by atoms with Crippen LogP contribution in [0.5, 0.6) is 5.75 Å². The van der Waals surface area contributed by atoms with E-state index in [0.29, 0.717) is 5.75 Å². The Labute approximate surface area is 130 Å². The van der Waals surface area contributed by atoms with Crippen LogP contribution in [-0.4, -0.2) is 25.8 Å². The number of rotatable bonds is 6. The summed E-state index contributed by atoms with van der Waals surface area (Å²) in [6.45, 7) is 2.11. The fraction of sp³-hybridized carbons (Fsp3) is 0.176. The van der Waals surface area contributed by atoms with Crippen LogP contribution in [0.3, 0.4) is 0 Å². The molecule has 0 saturated heterocycles. The fourth-order valence-electron chi connectivity index (χ4n) is 1.91. The van der Waals surface area contributed by atoms with E-state index in [1.807, 2.05) is 55.5 Å². The summed E-state index contributed by atoms with van der Waals surface area (Å²) < 4.78 is 5.21. The second-order valence-corrected chi connectivity index (χ2v) is 4.70. The number of amides is 1. The lowest BCUT2D eigenvalue weighted by molar-refractivity contribution is -0.119. The maximum atomic E-state index is 11.8. The number of methoxy groups -OCH3 is 1. The van der Waals surface area contributed by atoms with Crippen LogP contribution in [0.2, 0.25) is 0 Å². The third kappa shape index (κ3) is 4.34. The van der Waals surface area contributed by atoms with Crippen molar-refractivity contribution in [2.45, 2.75) is 6.92 Å². The minimum absolute atomic E-state index is 0.117. The van der Waals surface area contributed by atoms with E-state index in [1.165, 1.54) is 0 Å². The molecule has 2 rings (SSSR count). The number of ether oxygens (including phenoxy) is 1. The molecule has 114 valence electrons. The number of benzene rings is 2. The summed E-state index contributed by atoms with van der Waals surface area (Å²) in [4.78, 5) is 11.8. The van der Waals surface area contributed by atoms with E-state index < -0.39 is 0 Å². The molecule has 5 nitrogen and oxygen atoms in total. The molecule has 2 aromatic carbocycles. The number of hydrogen-bond acceptors (Lipinski definition) is 4. The van der Waals surface area contributed by atoms with Crippen molar-refractivity contribution >= 4 is 17.8 Å². The molecule has 0 spiro atoms. The Morgan fingerprint density at radius 1 is 1.18 bits per heavy atom. The highest BCUT2D eigenvalue weighted by molar-refractivity contribution is 5.85. The average molecular weight is 297 g/mol. The van der Waals surface area contributed by atoms with Gasteiger partial charge in [0, 0.05) is 0 Å². The van der Waals surface area contributed by atoms with Gasteiger partial charge < -0.3 is 10.1 Å². The zero-order chi connectivity index (χ0) is 15.8. The minimum atomic E-state index is -0.226. The second kappa shape index (κ2) is 7.83. The number of hydrazone groups is 1. The zero-order valence-electron chi connectivity index (χ0n) is 12.7. The predicted octanol–water partition coefficient (Wildman–Crippen LogP) is 2.57. The Bertz CT molecular complexity index is 668. The van der Waals surface area contributed by atoms with Gasteiger partial charge >= 0.3 is 0 Å². The molecule has 0 unspecified atom stereocenters. The third-order valence-electron chi connectivity index (χ3n) is 3.13. The molecular formula is C17H19N3O2. The van der Waals surface area contributed by atoms with Gasteiger partial charge in [-0.2, -0.15) is 5.10 Å². The number of carbonyl (C=O) groups is 1. The number of anilines is 1. The van der Waals surface area contributed by atoms with Crippen molar-refractivity contribution in [1.82, 2.24) is 5.43 Å². The van der Waals surface area contributed by atoms with Crippen molar-refractivity contribution in [3.05, 3.63) is 59.7 Å². The summed E-state index contributed by atoms with van der Waals surface area (Å²) in [5.74, 6) is 0.467. The molecule has 0 bridgehead atoms. The highest BCUT2D eigenvalue weighted by Crippen LogP contribution is 2.22. The van der Waals surface area contributed by atoms with Crippen molar-refractivity contribution in [2.75, 3.05) is 19.0 Å². The quantitative estimate of drug-likeness (QED) is 0.636. The monoisotopic (exact) mass is 297 g/mol. The molecule has 5 heteroatoms. The third-order valence-corrected chi connectivity index (χ3v) is 3.13. The van der Waals surface area contributed by atoms with E-state index in [-0.39, 0.29) is 12.5 Å². The largest absolute Gasteiger partial charge is 0.495 e. The molecule has 0 atom stereocenters. The predicted molar refractivity (Wildman–Crippen MR) is 88.4 cm³/mol. The summed E-state index contributed by atoms with van der Waals surface area (Å²) in [7, 11) is 1.59. The van der Waals surface area contributed by atoms with Gasteiger partial charge in [-0.25, -0.2) is 5.43 Å². The lowest BCUT2D eigenvalue weighted by Crippen LogP contribution is -2.26. The minimum Gasteiger partial charge on any atom is -0.495 e. The topological polar surface area (TPSA) is 62.7 Å². The molecule has 0 saturated carbocycles. The number of carbonyl (C=O) groups excluding carboxylic acids is 1. The standard InChI is InChI=1S/C17H19N3O2/c1-13-7-3-4-8-14(13)11-19-20-17(21)12-18-15-9-5-6-10-16(15)22-2/h3-11,18H,12H2,1-2H3,(H,20,21). The first-order chi connectivity index (χ1) is 10.7. The van der Waals surface area contributed by atoms with Gasteiger partial charge in [-0.1, -0.05) is 36.4 Å². The fourth-order valence-corrected chi connectivity index (χ4v) is 1.91. The van der Waals surface area contributed by atoms with Crippen LogP contribution >= 0.6 is 0 Å². The zero-order valence-corrected chi connectivity index (χ0v) is 12.7. The summed E-state index contributed by atoms with van der Waals surface area (Å²) in [6.07, 6.45) is 1.64. The smallest absolute Gasteiger partial charge is 0.259 e. The molecule has 2 N–H and O–H groups in total. The van der Waals surface area contributed by atoms with E-state index in [0.717, 1.165) is 16.8 Å². The van der Waals surface area contributed by atoms with E-state index in [2.05, 4.69) is 15.8 Å². The summed E-state index contributed by atoms with van der Waals surface area (Å²) in [5, 5.41) is 6.97. The molecule has 0 fully saturated rings. The first kappa shape index (κ1) is 15.6. The molecule has 1 amide bonds. The van der Waals surface area contributed by atoms with Gasteiger partial charge in [0.25, 0.3) is 5.91 Å². The summed E-state index contributed by atoms with van der Waals surface area (Å²) >= 11 is 0. The second-order valence-electron chi connectivity index (χ2n) is 4.70. The van der Waals surface area contributed by atoms with Crippen LogP contribution in [0.25, 0.3) is 0 Å². The highest BCUT2D eigenvalue weighted by Gasteiger charge is 2.03. The Morgan fingerprint density at radius 3 is 2.68 bits per heavy atom. The molecular weight excluding hydrogens is 278 g/mol. The highest BCUT2D eigenvalue weighted by atomic mass is 16.5. The maximum Gasteiger partial charge on any atom is 0.259 e. The molecule has 0 aromatic heterocycles. The van der Waals surface area contributed by atoms with Crippen LogP contribution in [-0.2, 0) is 4.79 Å². The van der Waals surface area contributed by atoms with E-state index >= 15 is 0 Å². The van der Waals surface area contributed by atoms with E-state index in [9.17, 15) is 4.79 Å². The Kier molecular flexibility index (Phi) is 5.54. The normalized spacial score (nSPS) is 10.5. The average Bonchev–Trinajstić information content (AvgIpc) is 2.55. The van der Waals surface area contributed by atoms with Gasteiger partial charge in [-0.15, -0.1) is 0 Å². The molecule has 2 aromatic rings. The molecule has 22 heavy (non-hydrogen) atoms. The first-order valence-corrected chi connectivity index (χ1v) is 6.95. The number of hydrogen-bond donors (Lipinski definition) is 2. The summed E-state index contributed by atoms with van der Waals surface area (Å²) in [6, 6.07) is 15.3. The summed E-state index contributed by atoms with van der Waals surface area (Å²) in [5.41, 5.74) is 5.34.